The van der Waals surface area contributed by atoms with Crippen LogP contribution in [0.4, 0.5) is 11.5 Å². The van der Waals surface area contributed by atoms with Gasteiger partial charge in [0, 0.05) is 44.7 Å². The molecule has 11 nitrogen and oxygen atoms in total. The van der Waals surface area contributed by atoms with Crippen molar-refractivity contribution < 1.29 is 24.0 Å². The zero-order valence-electron chi connectivity index (χ0n) is 19.4. The van der Waals surface area contributed by atoms with Crippen LogP contribution >= 0.6 is 0 Å². The molecular weight excluding hydrogens is 442 g/mol. The fraction of sp³-hybridized carbons (Fsp3) is 0.435. The predicted octanol–water partition coefficient (Wildman–Crippen LogP) is 1.84. The number of hydrogen-bond donors (Lipinski definition) is 2. The molecule has 11 heteroatoms. The van der Waals surface area contributed by atoms with Gasteiger partial charge in [-0.3, -0.25) is 19.7 Å². The number of benzene rings is 1. The highest BCUT2D eigenvalue weighted by atomic mass is 16.6. The molecule has 1 saturated heterocycles. The van der Waals surface area contributed by atoms with Crippen molar-refractivity contribution in [2.24, 2.45) is 0 Å². The van der Waals surface area contributed by atoms with E-state index in [4.69, 9.17) is 9.47 Å². The van der Waals surface area contributed by atoms with E-state index in [1.54, 1.807) is 19.2 Å². The van der Waals surface area contributed by atoms with E-state index in [2.05, 4.69) is 15.6 Å². The average Bonchev–Trinajstić information content (AvgIpc) is 2.83. The minimum Gasteiger partial charge on any atom is -0.493 e. The molecule has 0 aliphatic carbocycles. The van der Waals surface area contributed by atoms with E-state index in [-0.39, 0.29) is 30.0 Å². The summed E-state index contributed by atoms with van der Waals surface area (Å²) in [4.78, 5) is 41.7. The number of anilines is 1. The standard InChI is InChI=1S/C23H29N5O6/c1-15(29)25-18(13-16-6-7-20(33-2)21(14-16)34-3)23(30)26-17-8-11-27(12-9-17)22-19(28(31)32)5-4-10-24-22/h4-7,10,14,17-18H,8-9,11-13H2,1-3H3,(H,25,29)(H,26,30)/t18-/m1/s1. The fourth-order valence-electron chi connectivity index (χ4n) is 4.01. The van der Waals surface area contributed by atoms with Gasteiger partial charge in [0.2, 0.25) is 17.6 Å². The number of methoxy groups -OCH3 is 2. The fourth-order valence-corrected chi connectivity index (χ4v) is 4.01. The Morgan fingerprint density at radius 1 is 1.21 bits per heavy atom. The van der Waals surface area contributed by atoms with Crippen LogP contribution in [0.25, 0.3) is 0 Å². The maximum absolute atomic E-state index is 13.0. The largest absolute Gasteiger partial charge is 0.493 e. The number of pyridine rings is 1. The van der Waals surface area contributed by atoms with Crippen LogP contribution in [0.5, 0.6) is 11.5 Å². The summed E-state index contributed by atoms with van der Waals surface area (Å²) in [5, 5.41) is 17.0. The molecule has 1 aromatic carbocycles. The minimum absolute atomic E-state index is 0.0365. The molecule has 0 unspecified atom stereocenters. The second-order valence-corrected chi connectivity index (χ2v) is 8.02. The van der Waals surface area contributed by atoms with Gasteiger partial charge in [-0.25, -0.2) is 4.98 Å². The van der Waals surface area contributed by atoms with E-state index in [0.29, 0.717) is 43.2 Å². The molecule has 2 heterocycles. The highest BCUT2D eigenvalue weighted by molar-refractivity contribution is 5.87. The lowest BCUT2D eigenvalue weighted by atomic mass is 10.0. The monoisotopic (exact) mass is 471 g/mol. The van der Waals surface area contributed by atoms with Crippen molar-refractivity contribution in [3.05, 3.63) is 52.2 Å². The van der Waals surface area contributed by atoms with Gasteiger partial charge in [0.05, 0.1) is 19.1 Å². The molecule has 1 fully saturated rings. The van der Waals surface area contributed by atoms with E-state index in [0.717, 1.165) is 5.56 Å². The van der Waals surface area contributed by atoms with Crippen molar-refractivity contribution in [2.45, 2.75) is 38.3 Å². The van der Waals surface area contributed by atoms with Gasteiger partial charge < -0.3 is 25.0 Å². The number of ether oxygens (including phenoxy) is 2. The summed E-state index contributed by atoms with van der Waals surface area (Å²) in [6.45, 7) is 2.40. The van der Waals surface area contributed by atoms with Crippen LogP contribution in [0, 0.1) is 10.1 Å². The summed E-state index contributed by atoms with van der Waals surface area (Å²) in [7, 11) is 3.08. The second kappa shape index (κ2) is 11.3. The summed E-state index contributed by atoms with van der Waals surface area (Å²) < 4.78 is 10.6. The topological polar surface area (TPSA) is 136 Å². The first kappa shape index (κ1) is 24.7. The number of carbonyl (C=O) groups is 2. The maximum Gasteiger partial charge on any atom is 0.311 e. The number of hydrogen-bond acceptors (Lipinski definition) is 8. The third-order valence-electron chi connectivity index (χ3n) is 5.69. The molecule has 34 heavy (non-hydrogen) atoms. The highest BCUT2D eigenvalue weighted by Gasteiger charge is 2.28. The molecule has 1 atom stereocenters. The van der Waals surface area contributed by atoms with Crippen LogP contribution < -0.4 is 25.0 Å². The Morgan fingerprint density at radius 2 is 1.91 bits per heavy atom. The van der Waals surface area contributed by atoms with Gasteiger partial charge in [0.25, 0.3) is 0 Å². The minimum atomic E-state index is -0.759. The maximum atomic E-state index is 13.0. The molecule has 0 spiro atoms. The van der Waals surface area contributed by atoms with Crippen molar-refractivity contribution in [3.63, 3.8) is 0 Å². The molecule has 2 N–H and O–H groups in total. The zero-order valence-corrected chi connectivity index (χ0v) is 19.4. The van der Waals surface area contributed by atoms with Crippen LogP contribution in [-0.2, 0) is 16.0 Å². The van der Waals surface area contributed by atoms with Crippen molar-refractivity contribution in [3.8, 4) is 11.5 Å². The molecular formula is C23H29N5O6. The molecule has 2 amide bonds. The molecule has 1 aromatic heterocycles. The predicted molar refractivity (Wildman–Crippen MR) is 125 cm³/mol. The SMILES string of the molecule is COc1ccc(C[C@@H](NC(C)=O)C(=O)NC2CCN(c3ncccc3[N+](=O)[O-])CC2)cc1OC. The quantitative estimate of drug-likeness (QED) is 0.418. The van der Waals surface area contributed by atoms with E-state index in [9.17, 15) is 19.7 Å². The molecule has 1 aliphatic rings. The number of nitrogens with zero attached hydrogens (tertiary/aromatic N) is 3. The van der Waals surface area contributed by atoms with Crippen LogP contribution in [0.1, 0.15) is 25.3 Å². The zero-order chi connectivity index (χ0) is 24.7. The molecule has 3 rings (SSSR count). The summed E-state index contributed by atoms with van der Waals surface area (Å²) in [6, 6.07) is 7.45. The van der Waals surface area contributed by atoms with Gasteiger partial charge in [-0.2, -0.15) is 0 Å². The van der Waals surface area contributed by atoms with Crippen LogP contribution in [-0.4, -0.2) is 61.1 Å². The van der Waals surface area contributed by atoms with Gasteiger partial charge in [-0.15, -0.1) is 0 Å². The lowest BCUT2D eigenvalue weighted by Crippen LogP contribution is -2.52. The van der Waals surface area contributed by atoms with Crippen LogP contribution in [0.2, 0.25) is 0 Å². The van der Waals surface area contributed by atoms with Crippen molar-refractivity contribution in [1.82, 2.24) is 15.6 Å². The number of piperidine rings is 1. The molecule has 0 radical (unpaired) electrons. The van der Waals surface area contributed by atoms with E-state index in [1.165, 1.54) is 32.4 Å². The molecule has 2 aromatic rings. The number of nitrogens with one attached hydrogen (secondary N) is 2. The Morgan fingerprint density at radius 3 is 2.53 bits per heavy atom. The van der Waals surface area contributed by atoms with Crippen molar-refractivity contribution >= 4 is 23.3 Å². The molecule has 0 saturated carbocycles. The summed E-state index contributed by atoms with van der Waals surface area (Å²) in [6.07, 6.45) is 3.01. The van der Waals surface area contributed by atoms with E-state index >= 15 is 0 Å². The first-order valence-corrected chi connectivity index (χ1v) is 10.9. The van der Waals surface area contributed by atoms with E-state index < -0.39 is 11.0 Å². The third kappa shape index (κ3) is 6.12. The van der Waals surface area contributed by atoms with Crippen LogP contribution in [0.15, 0.2) is 36.5 Å². The number of nitro groups is 1. The van der Waals surface area contributed by atoms with Gasteiger partial charge in [0.1, 0.15) is 6.04 Å². The smallest absolute Gasteiger partial charge is 0.311 e. The Hall–Kier alpha value is -3.89. The molecule has 1 aliphatic heterocycles. The van der Waals surface area contributed by atoms with Gasteiger partial charge in [-0.1, -0.05) is 6.07 Å². The highest BCUT2D eigenvalue weighted by Crippen LogP contribution is 2.29. The van der Waals surface area contributed by atoms with Crippen LogP contribution in [0.3, 0.4) is 0 Å². The van der Waals surface area contributed by atoms with Crippen molar-refractivity contribution in [1.29, 1.82) is 0 Å². The Balaban J connectivity index is 1.63. The molecule has 182 valence electrons. The first-order valence-electron chi connectivity index (χ1n) is 10.9. The third-order valence-corrected chi connectivity index (χ3v) is 5.69. The number of rotatable bonds is 9. The Kier molecular flexibility index (Phi) is 8.23. The van der Waals surface area contributed by atoms with Gasteiger partial charge in [0.15, 0.2) is 11.5 Å². The molecule has 0 bridgehead atoms. The second-order valence-electron chi connectivity index (χ2n) is 8.02. The average molecular weight is 472 g/mol. The van der Waals surface area contributed by atoms with E-state index in [1.807, 2.05) is 11.0 Å². The Labute approximate surface area is 197 Å². The lowest BCUT2D eigenvalue weighted by molar-refractivity contribution is -0.384. The first-order chi connectivity index (χ1) is 16.3. The van der Waals surface area contributed by atoms with Gasteiger partial charge in [-0.05, 0) is 36.6 Å². The lowest BCUT2D eigenvalue weighted by Gasteiger charge is -2.33. The van der Waals surface area contributed by atoms with Gasteiger partial charge >= 0.3 is 5.69 Å². The van der Waals surface area contributed by atoms with Crippen molar-refractivity contribution in [2.75, 3.05) is 32.2 Å². The number of carbonyl (C=O) groups excluding carboxylic acids is 2. The summed E-state index contributed by atoms with van der Waals surface area (Å²) in [5.74, 6) is 0.858. The summed E-state index contributed by atoms with van der Waals surface area (Å²) >= 11 is 0. The summed E-state index contributed by atoms with van der Waals surface area (Å²) in [5.41, 5.74) is 0.773. The Bertz CT molecular complexity index is 1040. The number of aromatic nitrogens is 1. The number of amides is 2. The normalized spacial score (nSPS) is 14.7.